The molecule has 0 aromatic heterocycles. The topological polar surface area (TPSA) is 60.0 Å². The normalized spacial score (nSPS) is 14.2. The monoisotopic (exact) mass is 541 g/mol. The quantitative estimate of drug-likeness (QED) is 0.345. The van der Waals surface area contributed by atoms with Gasteiger partial charge in [-0.05, 0) is 36.8 Å². The number of piperazine rings is 1. The molecule has 1 saturated heterocycles. The van der Waals surface area contributed by atoms with E-state index in [9.17, 15) is 4.79 Å². The van der Waals surface area contributed by atoms with Crippen LogP contribution >= 0.6 is 35.6 Å². The fraction of sp³-hybridized carbons (Fsp3) is 0.364. The van der Waals surface area contributed by atoms with E-state index in [1.807, 2.05) is 42.5 Å². The van der Waals surface area contributed by atoms with Crippen LogP contribution in [0.3, 0.4) is 0 Å². The molecule has 2 N–H and O–H groups in total. The molecule has 0 unspecified atom stereocenters. The molecule has 1 aliphatic heterocycles. The van der Waals surface area contributed by atoms with E-state index in [2.05, 4.69) is 33.4 Å². The maximum absolute atomic E-state index is 11.8. The van der Waals surface area contributed by atoms with Gasteiger partial charge >= 0.3 is 0 Å². The molecule has 1 fully saturated rings. The summed E-state index contributed by atoms with van der Waals surface area (Å²) in [5.74, 6) is 0.815. The van der Waals surface area contributed by atoms with Crippen molar-refractivity contribution in [3.63, 3.8) is 0 Å². The summed E-state index contributed by atoms with van der Waals surface area (Å²) in [5.41, 5.74) is 2.75. The number of anilines is 1. The number of halogens is 2. The highest BCUT2D eigenvalue weighted by Crippen LogP contribution is 2.26. The Bertz CT molecular complexity index is 868. The number of hydrogen-bond donors (Lipinski definition) is 2. The van der Waals surface area contributed by atoms with E-state index in [0.717, 1.165) is 55.0 Å². The molecule has 1 amide bonds. The number of nitrogens with one attached hydrogen (secondary N) is 2. The first kappa shape index (κ1) is 24.3. The molecule has 30 heavy (non-hydrogen) atoms. The number of aliphatic imine (C=N–C) groups is 1. The van der Waals surface area contributed by atoms with Gasteiger partial charge in [0, 0.05) is 45.3 Å². The SMILES string of the molecule is CCNC(=NCc1cccc(C(=O)NC)c1)N1CCN(c2ccccc2Cl)CC1.I. The Labute approximate surface area is 200 Å². The van der Waals surface area contributed by atoms with Crippen LogP contribution in [0.1, 0.15) is 22.8 Å². The van der Waals surface area contributed by atoms with Crippen LogP contribution in [0.25, 0.3) is 0 Å². The zero-order chi connectivity index (χ0) is 20.6. The summed E-state index contributed by atoms with van der Waals surface area (Å²) in [7, 11) is 1.64. The van der Waals surface area contributed by atoms with Gasteiger partial charge in [0.2, 0.25) is 0 Å². The second kappa shape index (κ2) is 12.0. The van der Waals surface area contributed by atoms with Gasteiger partial charge in [0.1, 0.15) is 0 Å². The summed E-state index contributed by atoms with van der Waals surface area (Å²) in [4.78, 5) is 21.2. The molecular weight excluding hydrogens is 513 g/mol. The van der Waals surface area contributed by atoms with E-state index in [1.54, 1.807) is 7.05 Å². The fourth-order valence-electron chi connectivity index (χ4n) is 3.41. The highest BCUT2D eigenvalue weighted by molar-refractivity contribution is 14.0. The summed E-state index contributed by atoms with van der Waals surface area (Å²) in [5, 5.41) is 6.84. The highest BCUT2D eigenvalue weighted by atomic mass is 127. The first-order valence-electron chi connectivity index (χ1n) is 9.96. The zero-order valence-electron chi connectivity index (χ0n) is 17.4. The summed E-state index contributed by atoms with van der Waals surface area (Å²) in [6.07, 6.45) is 0. The number of benzene rings is 2. The number of para-hydroxylation sites is 1. The largest absolute Gasteiger partial charge is 0.367 e. The predicted octanol–water partition coefficient (Wildman–Crippen LogP) is 3.61. The van der Waals surface area contributed by atoms with Crippen LogP contribution in [0, 0.1) is 0 Å². The van der Waals surface area contributed by atoms with Gasteiger partial charge in [0.25, 0.3) is 5.91 Å². The first-order valence-corrected chi connectivity index (χ1v) is 10.3. The minimum atomic E-state index is -0.0848. The molecule has 8 heteroatoms. The molecule has 0 atom stereocenters. The Hall–Kier alpha value is -2.00. The van der Waals surface area contributed by atoms with Crippen LogP contribution in [0.5, 0.6) is 0 Å². The number of rotatable bonds is 5. The number of carbonyl (C=O) groups excluding carboxylic acids is 1. The van der Waals surface area contributed by atoms with Gasteiger partial charge in [-0.2, -0.15) is 0 Å². The Kier molecular flexibility index (Phi) is 9.71. The molecule has 0 radical (unpaired) electrons. The molecule has 1 aliphatic rings. The van der Waals surface area contributed by atoms with E-state index >= 15 is 0 Å². The Morgan fingerprint density at radius 1 is 1.10 bits per heavy atom. The Morgan fingerprint density at radius 3 is 2.50 bits per heavy atom. The molecule has 162 valence electrons. The minimum absolute atomic E-state index is 0. The van der Waals surface area contributed by atoms with Gasteiger partial charge in [-0.15, -0.1) is 24.0 Å². The maximum Gasteiger partial charge on any atom is 0.251 e. The van der Waals surface area contributed by atoms with E-state index < -0.39 is 0 Å². The molecule has 1 heterocycles. The molecule has 0 spiro atoms. The summed E-state index contributed by atoms with van der Waals surface area (Å²) < 4.78 is 0. The van der Waals surface area contributed by atoms with Crippen molar-refractivity contribution in [2.45, 2.75) is 13.5 Å². The smallest absolute Gasteiger partial charge is 0.251 e. The van der Waals surface area contributed by atoms with Crippen LogP contribution in [0.4, 0.5) is 5.69 Å². The lowest BCUT2D eigenvalue weighted by Crippen LogP contribution is -2.52. The lowest BCUT2D eigenvalue weighted by Gasteiger charge is -2.38. The molecule has 2 aromatic carbocycles. The lowest BCUT2D eigenvalue weighted by molar-refractivity contribution is 0.0963. The molecule has 3 rings (SSSR count). The molecule has 2 aromatic rings. The van der Waals surface area contributed by atoms with Crippen molar-refractivity contribution in [2.75, 3.05) is 44.7 Å². The number of carbonyl (C=O) groups is 1. The van der Waals surface area contributed by atoms with Crippen molar-refractivity contribution >= 4 is 53.1 Å². The van der Waals surface area contributed by atoms with Crippen LogP contribution in [0.15, 0.2) is 53.5 Å². The maximum atomic E-state index is 11.8. The number of amides is 1. The lowest BCUT2D eigenvalue weighted by atomic mass is 10.1. The van der Waals surface area contributed by atoms with E-state index in [0.29, 0.717) is 12.1 Å². The van der Waals surface area contributed by atoms with Crippen LogP contribution in [0.2, 0.25) is 5.02 Å². The van der Waals surface area contributed by atoms with Gasteiger partial charge in [-0.25, -0.2) is 4.99 Å². The van der Waals surface area contributed by atoms with Gasteiger partial charge in [0.15, 0.2) is 5.96 Å². The standard InChI is InChI=1S/C22H28ClN5O.HI/c1-3-25-22(26-16-17-7-6-8-18(15-17)21(29)24-2)28-13-11-27(12-14-28)20-10-5-4-9-19(20)23;/h4-10,15H,3,11-14,16H2,1-2H3,(H,24,29)(H,25,26);1H. The van der Waals surface area contributed by atoms with E-state index in [1.165, 1.54) is 0 Å². The zero-order valence-corrected chi connectivity index (χ0v) is 20.5. The molecular formula is C22H29ClIN5O. The van der Waals surface area contributed by atoms with Crippen molar-refractivity contribution in [3.8, 4) is 0 Å². The van der Waals surface area contributed by atoms with Crippen LogP contribution < -0.4 is 15.5 Å². The van der Waals surface area contributed by atoms with Crippen LogP contribution in [-0.2, 0) is 6.54 Å². The number of hydrogen-bond acceptors (Lipinski definition) is 3. The van der Waals surface area contributed by atoms with E-state index in [-0.39, 0.29) is 29.9 Å². The van der Waals surface area contributed by atoms with Crippen molar-refractivity contribution in [1.82, 2.24) is 15.5 Å². The number of nitrogens with zero attached hydrogens (tertiary/aromatic N) is 3. The predicted molar refractivity (Wildman–Crippen MR) is 135 cm³/mol. The first-order chi connectivity index (χ1) is 14.1. The summed E-state index contributed by atoms with van der Waals surface area (Å²) in [6, 6.07) is 15.6. The van der Waals surface area contributed by atoms with Gasteiger partial charge in [0.05, 0.1) is 17.3 Å². The third-order valence-corrected chi connectivity index (χ3v) is 5.25. The second-order valence-electron chi connectivity index (χ2n) is 6.88. The molecule has 6 nitrogen and oxygen atoms in total. The Morgan fingerprint density at radius 2 is 1.83 bits per heavy atom. The van der Waals surface area contributed by atoms with Crippen LogP contribution in [-0.4, -0.2) is 56.5 Å². The number of guanidine groups is 1. The average Bonchev–Trinajstić information content (AvgIpc) is 2.77. The van der Waals surface area contributed by atoms with Gasteiger partial charge in [-0.1, -0.05) is 35.9 Å². The second-order valence-corrected chi connectivity index (χ2v) is 7.28. The molecule has 0 aliphatic carbocycles. The van der Waals surface area contributed by atoms with Crippen molar-refractivity contribution in [3.05, 3.63) is 64.7 Å². The minimum Gasteiger partial charge on any atom is -0.367 e. The molecule has 0 bridgehead atoms. The summed E-state index contributed by atoms with van der Waals surface area (Å²) in [6.45, 7) is 6.92. The fourth-order valence-corrected chi connectivity index (χ4v) is 3.67. The third kappa shape index (κ3) is 6.25. The third-order valence-electron chi connectivity index (χ3n) is 4.93. The highest BCUT2D eigenvalue weighted by Gasteiger charge is 2.21. The molecule has 0 saturated carbocycles. The van der Waals surface area contributed by atoms with Crippen molar-refractivity contribution in [1.29, 1.82) is 0 Å². The summed E-state index contributed by atoms with van der Waals surface area (Å²) >= 11 is 6.35. The van der Waals surface area contributed by atoms with E-state index in [4.69, 9.17) is 16.6 Å². The average molecular weight is 542 g/mol. The Balaban J connectivity index is 0.00000320. The van der Waals surface area contributed by atoms with Gasteiger partial charge in [-0.3, -0.25) is 4.79 Å². The van der Waals surface area contributed by atoms with Crippen molar-refractivity contribution < 1.29 is 4.79 Å². The van der Waals surface area contributed by atoms with Crippen molar-refractivity contribution in [2.24, 2.45) is 4.99 Å². The van der Waals surface area contributed by atoms with Gasteiger partial charge < -0.3 is 20.4 Å².